The van der Waals surface area contributed by atoms with Crippen LogP contribution in [0, 0.1) is 0 Å². The van der Waals surface area contributed by atoms with Crippen molar-refractivity contribution in [2.24, 2.45) is 0 Å². The van der Waals surface area contributed by atoms with Crippen molar-refractivity contribution in [2.75, 3.05) is 39.6 Å². The molecule has 0 rings (SSSR count). The van der Waals surface area contributed by atoms with Crippen molar-refractivity contribution in [2.45, 2.75) is 309 Å². The Morgan fingerprint density at radius 1 is 0.333 bits per heavy atom. The molecule has 0 aromatic carbocycles. The van der Waals surface area contributed by atoms with Gasteiger partial charge in [-0.05, 0) is 83.5 Å². The van der Waals surface area contributed by atoms with Gasteiger partial charge in [0.1, 0.15) is 25.4 Å². The van der Waals surface area contributed by atoms with Gasteiger partial charge in [0.15, 0.2) is 6.10 Å². The molecule has 0 heterocycles. The van der Waals surface area contributed by atoms with E-state index >= 15 is 0 Å². The van der Waals surface area contributed by atoms with E-state index in [0.29, 0.717) is 19.3 Å². The van der Waals surface area contributed by atoms with Crippen molar-refractivity contribution < 1.29 is 75.8 Å². The molecule has 0 saturated heterocycles. The maximum atomic E-state index is 12.8. The average Bonchev–Trinajstić information content (AvgIpc) is 3.56. The van der Waals surface area contributed by atoms with Crippen LogP contribution in [0.15, 0.2) is 72.9 Å². The molecule has 87 heavy (non-hydrogen) atoms. The lowest BCUT2D eigenvalue weighted by atomic mass is 10.0. The molecule has 18 heteroatoms. The molecule has 0 aliphatic carbocycles. The second-order valence-corrected chi connectivity index (χ2v) is 25.9. The summed E-state index contributed by atoms with van der Waals surface area (Å²) in [4.78, 5) is 58.2. The SMILES string of the molecule is CC/C=C\C/C=C\C/C=C\C/C=C\C/C=C\CCCCCCCCCCCC(=O)OCC(O)COP(=O)(O)OCC(O)COP(=O)(O)OCC(COC(=O)CCCCCCCCCCCCCCCCC)OC(=O)CCCCCCC/C=C\CCCC. The number of phosphoric ester groups is 2. The number of ether oxygens (including phenoxy) is 3. The van der Waals surface area contributed by atoms with Gasteiger partial charge in [-0.3, -0.25) is 32.5 Å². The molecule has 4 N–H and O–H groups in total. The second-order valence-electron chi connectivity index (χ2n) is 23.0. The summed E-state index contributed by atoms with van der Waals surface area (Å²) in [7, 11) is -9.76. The number of unbranched alkanes of at least 4 members (excludes halogenated alkanes) is 30. The number of hydrogen-bond acceptors (Lipinski definition) is 14. The van der Waals surface area contributed by atoms with Crippen LogP contribution in [0.5, 0.6) is 0 Å². The number of carbonyl (C=O) groups excluding carboxylic acids is 3. The highest BCUT2D eigenvalue weighted by Crippen LogP contribution is 2.45. The fraction of sp³-hybridized carbons (Fsp3) is 0.783. The van der Waals surface area contributed by atoms with E-state index in [4.69, 9.17) is 32.3 Å². The number of hydrogen-bond donors (Lipinski definition) is 4. The molecule has 16 nitrogen and oxygen atoms in total. The average molecular weight is 1270 g/mol. The van der Waals surface area contributed by atoms with Gasteiger partial charge < -0.3 is 34.2 Å². The van der Waals surface area contributed by atoms with Crippen LogP contribution in [0.25, 0.3) is 0 Å². The summed E-state index contributed by atoms with van der Waals surface area (Å²) in [5.41, 5.74) is 0. The molecule has 5 atom stereocenters. The molecule has 506 valence electrons. The molecular formula is C69H124O16P2. The van der Waals surface area contributed by atoms with Crippen LogP contribution in [-0.2, 0) is 55.8 Å². The third-order valence-corrected chi connectivity index (χ3v) is 16.3. The van der Waals surface area contributed by atoms with E-state index in [9.17, 15) is 43.5 Å². The van der Waals surface area contributed by atoms with E-state index in [2.05, 4.69) is 93.7 Å². The van der Waals surface area contributed by atoms with Crippen LogP contribution in [0.3, 0.4) is 0 Å². The van der Waals surface area contributed by atoms with Crippen LogP contribution < -0.4 is 0 Å². The first kappa shape index (κ1) is 84.0. The lowest BCUT2D eigenvalue weighted by molar-refractivity contribution is -0.161. The van der Waals surface area contributed by atoms with E-state index in [-0.39, 0.29) is 19.3 Å². The van der Waals surface area contributed by atoms with Crippen LogP contribution in [0.1, 0.15) is 290 Å². The van der Waals surface area contributed by atoms with Gasteiger partial charge in [-0.2, -0.15) is 0 Å². The predicted molar refractivity (Wildman–Crippen MR) is 353 cm³/mol. The van der Waals surface area contributed by atoms with Crippen LogP contribution in [0.2, 0.25) is 0 Å². The third kappa shape index (κ3) is 64.3. The van der Waals surface area contributed by atoms with Crippen molar-refractivity contribution in [1.29, 1.82) is 0 Å². The Kier molecular flexibility index (Phi) is 61.0. The summed E-state index contributed by atoms with van der Waals surface area (Å²) in [5.74, 6) is -1.58. The first-order chi connectivity index (χ1) is 42.2. The molecule has 0 aromatic heterocycles. The summed E-state index contributed by atoms with van der Waals surface area (Å²) in [6, 6.07) is 0. The molecule has 0 aliphatic heterocycles. The minimum Gasteiger partial charge on any atom is -0.463 e. The molecule has 0 saturated carbocycles. The molecule has 0 fully saturated rings. The maximum Gasteiger partial charge on any atom is 0.472 e. The molecule has 0 aliphatic rings. The largest absolute Gasteiger partial charge is 0.472 e. The summed E-state index contributed by atoms with van der Waals surface area (Å²) in [6.07, 6.45) is 65.4. The molecule has 0 spiro atoms. The fourth-order valence-corrected chi connectivity index (χ4v) is 10.8. The van der Waals surface area contributed by atoms with Gasteiger partial charge in [0, 0.05) is 19.3 Å². The standard InChI is InChI=1S/C69H124O16P2/c1-4-7-10-13-16-19-22-24-26-27-28-29-30-31-32-33-34-35-37-39-41-43-46-49-52-55-67(72)79-58-64(70)59-81-86(75,76)82-60-65(71)61-83-87(77,78)84-63-66(85-69(74)57-54-51-48-45-40-21-18-15-12-9-6-3)62-80-68(73)56-53-50-47-44-42-38-36-25-23-20-17-14-11-8-5-2/h7,10,15-16,18-19,24,26,28-29,31-32,64-66,70-71H,4-6,8-9,11-14,17,20-23,25,27,30,33-63H2,1-3H3,(H,75,76)(H,77,78)/b10-7-,18-15-,19-16-,26-24-,29-28-,32-31-. The Labute approximate surface area is 528 Å². The van der Waals surface area contributed by atoms with E-state index in [0.717, 1.165) is 122 Å². The highest BCUT2D eigenvalue weighted by Gasteiger charge is 2.29. The van der Waals surface area contributed by atoms with Gasteiger partial charge in [-0.15, -0.1) is 0 Å². The lowest BCUT2D eigenvalue weighted by Crippen LogP contribution is -2.30. The molecule has 0 aromatic rings. The zero-order chi connectivity index (χ0) is 63.8. The quantitative estimate of drug-likeness (QED) is 0.0146. The minimum absolute atomic E-state index is 0.0981. The van der Waals surface area contributed by atoms with E-state index < -0.39 is 91.5 Å². The highest BCUT2D eigenvalue weighted by atomic mass is 31.2. The fourth-order valence-electron chi connectivity index (χ4n) is 9.17. The van der Waals surface area contributed by atoms with Crippen molar-refractivity contribution in [1.82, 2.24) is 0 Å². The first-order valence-electron chi connectivity index (χ1n) is 34.2. The van der Waals surface area contributed by atoms with E-state index in [1.807, 2.05) is 0 Å². The topological polar surface area (TPSA) is 231 Å². The summed E-state index contributed by atoms with van der Waals surface area (Å²) in [6.45, 7) is 2.52. The van der Waals surface area contributed by atoms with Crippen molar-refractivity contribution in [3.8, 4) is 0 Å². The smallest absolute Gasteiger partial charge is 0.463 e. The van der Waals surface area contributed by atoms with Crippen molar-refractivity contribution in [3.63, 3.8) is 0 Å². The first-order valence-corrected chi connectivity index (χ1v) is 37.2. The summed E-state index contributed by atoms with van der Waals surface area (Å²) >= 11 is 0. The zero-order valence-electron chi connectivity index (χ0n) is 54.7. The lowest BCUT2D eigenvalue weighted by Gasteiger charge is -2.21. The second kappa shape index (κ2) is 63.2. The van der Waals surface area contributed by atoms with E-state index in [1.165, 1.54) is 109 Å². The highest BCUT2D eigenvalue weighted by molar-refractivity contribution is 7.47. The van der Waals surface area contributed by atoms with Crippen LogP contribution in [-0.4, -0.2) is 95.9 Å². The van der Waals surface area contributed by atoms with Gasteiger partial charge in [0.25, 0.3) is 0 Å². The van der Waals surface area contributed by atoms with Gasteiger partial charge in [-0.1, -0.05) is 261 Å². The van der Waals surface area contributed by atoms with Gasteiger partial charge >= 0.3 is 33.6 Å². The molecular weight excluding hydrogens is 1150 g/mol. The number of esters is 3. The predicted octanol–water partition coefficient (Wildman–Crippen LogP) is 18.8. The number of aliphatic hydroxyl groups is 2. The molecule has 5 unspecified atom stereocenters. The Bertz CT molecular complexity index is 1880. The zero-order valence-corrected chi connectivity index (χ0v) is 56.5. The van der Waals surface area contributed by atoms with Crippen LogP contribution in [0.4, 0.5) is 0 Å². The van der Waals surface area contributed by atoms with Gasteiger partial charge in [-0.25, -0.2) is 9.13 Å². The molecule has 0 amide bonds. The van der Waals surface area contributed by atoms with E-state index in [1.54, 1.807) is 0 Å². The number of rotatable bonds is 65. The Balaban J connectivity index is 4.48. The summed E-state index contributed by atoms with van der Waals surface area (Å²) < 4.78 is 60.8. The molecule has 0 radical (unpaired) electrons. The number of carbonyl (C=O) groups is 3. The monoisotopic (exact) mass is 1270 g/mol. The number of allylic oxidation sites excluding steroid dienone is 12. The Morgan fingerprint density at radius 3 is 1.01 bits per heavy atom. The Hall–Kier alpha value is -3.01. The summed E-state index contributed by atoms with van der Waals surface area (Å²) in [5, 5.41) is 20.5. The normalized spacial score (nSPS) is 14.7. The minimum atomic E-state index is -4.91. The van der Waals surface area contributed by atoms with Crippen LogP contribution >= 0.6 is 15.6 Å². The maximum absolute atomic E-state index is 12.8. The third-order valence-electron chi connectivity index (χ3n) is 14.4. The number of aliphatic hydroxyl groups excluding tert-OH is 2. The van der Waals surface area contributed by atoms with Gasteiger partial charge in [0.2, 0.25) is 0 Å². The van der Waals surface area contributed by atoms with Gasteiger partial charge in [0.05, 0.1) is 26.4 Å². The van der Waals surface area contributed by atoms with Crippen molar-refractivity contribution >= 4 is 33.6 Å². The van der Waals surface area contributed by atoms with Crippen molar-refractivity contribution in [3.05, 3.63) is 72.9 Å². The number of phosphoric acid groups is 2. The Morgan fingerprint density at radius 2 is 0.621 bits per heavy atom. The molecule has 0 bridgehead atoms.